The fourth-order valence-electron chi connectivity index (χ4n) is 0.152. The summed E-state index contributed by atoms with van der Waals surface area (Å²) in [6.07, 6.45) is 4.71. The van der Waals surface area contributed by atoms with E-state index in [0.717, 1.165) is 0 Å². The van der Waals surface area contributed by atoms with E-state index in [1.807, 2.05) is 6.92 Å². The van der Waals surface area contributed by atoms with Crippen molar-refractivity contribution < 1.29 is 0 Å². The zero-order valence-electron chi connectivity index (χ0n) is 4.03. The highest BCUT2D eigenvalue weighted by Crippen LogP contribution is 1.66. The molecule has 0 aromatic rings. The summed E-state index contributed by atoms with van der Waals surface area (Å²) in [5.74, 6) is 0. The van der Waals surface area contributed by atoms with Crippen LogP contribution in [-0.4, -0.2) is 6.21 Å². The maximum absolute atomic E-state index is 9.20. The molecule has 38 valence electrons. The molecule has 0 rings (SSSR count). The van der Waals surface area contributed by atoms with Crippen molar-refractivity contribution in [3.63, 3.8) is 0 Å². The van der Waals surface area contributed by atoms with Crippen molar-refractivity contribution >= 4 is 6.21 Å². The average molecular weight is 98.1 g/mol. The Morgan fingerprint density at radius 2 is 2.29 bits per heavy atom. The lowest BCUT2D eigenvalue weighted by Gasteiger charge is -1.61. The summed E-state index contributed by atoms with van der Waals surface area (Å²) in [6, 6.07) is 0. The van der Waals surface area contributed by atoms with Gasteiger partial charge in [-0.2, -0.15) is 0 Å². The number of rotatable bonds is 2. The van der Waals surface area contributed by atoms with Crippen molar-refractivity contribution in [2.24, 2.45) is 10.4 Å². The van der Waals surface area contributed by atoms with Crippen molar-refractivity contribution in [3.8, 4) is 0 Å². The van der Waals surface area contributed by atoms with Crippen LogP contribution in [0.3, 0.4) is 0 Å². The smallest absolute Gasteiger partial charge is 0.0797 e. The van der Waals surface area contributed by atoms with Gasteiger partial charge >= 0.3 is 0 Å². The molecule has 0 saturated heterocycles. The van der Waals surface area contributed by atoms with Crippen LogP contribution in [0.2, 0.25) is 0 Å². The van der Waals surface area contributed by atoms with Crippen molar-refractivity contribution in [1.82, 2.24) is 0 Å². The van der Waals surface area contributed by atoms with Crippen LogP contribution in [0.25, 0.3) is 0 Å². The van der Waals surface area contributed by atoms with Crippen LogP contribution in [0, 0.1) is 4.91 Å². The average Bonchev–Trinajstić information content (AvgIpc) is 1.69. The van der Waals surface area contributed by atoms with Gasteiger partial charge in [0.2, 0.25) is 0 Å². The number of nitroso groups, excluding NO2 is 1. The Morgan fingerprint density at radius 1 is 1.57 bits per heavy atom. The van der Waals surface area contributed by atoms with Gasteiger partial charge in [-0.3, -0.25) is 0 Å². The van der Waals surface area contributed by atoms with Gasteiger partial charge in [-0.05, 0) is 13.0 Å². The zero-order valence-corrected chi connectivity index (χ0v) is 4.03. The standard InChI is InChI=1S/C4H6N2O/c1-2-3-4-5-6-7/h2-4H,1H3. The molecule has 0 unspecified atom stereocenters. The van der Waals surface area contributed by atoms with E-state index >= 15 is 0 Å². The number of hydrogen-bond donors (Lipinski definition) is 0. The minimum absolute atomic E-state index is 1.33. The summed E-state index contributed by atoms with van der Waals surface area (Å²) in [5.41, 5.74) is 0. The highest BCUT2D eigenvalue weighted by Gasteiger charge is 1.56. The van der Waals surface area contributed by atoms with Crippen molar-refractivity contribution in [2.45, 2.75) is 6.92 Å². The van der Waals surface area contributed by atoms with E-state index in [4.69, 9.17) is 0 Å². The summed E-state index contributed by atoms with van der Waals surface area (Å²) in [7, 11) is 0. The molecular weight excluding hydrogens is 92.1 g/mol. The zero-order chi connectivity index (χ0) is 5.54. The van der Waals surface area contributed by atoms with E-state index in [1.165, 1.54) is 6.21 Å². The summed E-state index contributed by atoms with van der Waals surface area (Å²) < 4.78 is 0. The lowest BCUT2D eigenvalue weighted by Crippen LogP contribution is -1.55. The van der Waals surface area contributed by atoms with Crippen LogP contribution in [0.15, 0.2) is 22.5 Å². The maximum Gasteiger partial charge on any atom is 0.0797 e. The monoisotopic (exact) mass is 98.0 g/mol. The van der Waals surface area contributed by atoms with Crippen LogP contribution in [0.5, 0.6) is 0 Å². The van der Waals surface area contributed by atoms with Crippen LogP contribution in [-0.2, 0) is 0 Å². The van der Waals surface area contributed by atoms with E-state index in [1.54, 1.807) is 12.2 Å². The molecule has 0 spiro atoms. The molecule has 0 aliphatic heterocycles. The van der Waals surface area contributed by atoms with Gasteiger partial charge in [-0.25, -0.2) is 0 Å². The fourth-order valence-corrected chi connectivity index (χ4v) is 0.152. The van der Waals surface area contributed by atoms with E-state index in [0.29, 0.717) is 0 Å². The van der Waals surface area contributed by atoms with Crippen LogP contribution >= 0.6 is 0 Å². The van der Waals surface area contributed by atoms with Gasteiger partial charge in [-0.1, -0.05) is 6.08 Å². The van der Waals surface area contributed by atoms with Gasteiger partial charge in [0.25, 0.3) is 0 Å². The van der Waals surface area contributed by atoms with E-state index in [-0.39, 0.29) is 0 Å². The third kappa shape index (κ3) is 5.01. The topological polar surface area (TPSA) is 41.8 Å². The molecule has 0 heterocycles. The first-order chi connectivity index (χ1) is 3.41. The van der Waals surface area contributed by atoms with Crippen molar-refractivity contribution in [1.29, 1.82) is 0 Å². The predicted molar refractivity (Wildman–Crippen MR) is 29.1 cm³/mol. The number of allylic oxidation sites excluding steroid dienone is 2. The molecule has 0 N–H and O–H groups in total. The summed E-state index contributed by atoms with van der Waals surface area (Å²) in [4.78, 5) is 9.20. The minimum Gasteiger partial charge on any atom is -0.123 e. The molecule has 0 aliphatic rings. The Balaban J connectivity index is 3.27. The second-order valence-corrected chi connectivity index (χ2v) is 0.872. The third-order valence-electron chi connectivity index (χ3n) is 0.392. The molecule has 0 saturated carbocycles. The van der Waals surface area contributed by atoms with Gasteiger partial charge in [-0.15, -0.1) is 10.0 Å². The molecule has 0 fully saturated rings. The predicted octanol–water partition coefficient (Wildman–Crippen LogP) is 1.31. The second-order valence-electron chi connectivity index (χ2n) is 0.872. The molecule has 0 atom stereocenters. The number of hydrogen-bond acceptors (Lipinski definition) is 2. The highest BCUT2D eigenvalue weighted by atomic mass is 16.3. The van der Waals surface area contributed by atoms with Crippen LogP contribution in [0.1, 0.15) is 6.92 Å². The molecule has 0 amide bonds. The molecule has 0 radical (unpaired) electrons. The van der Waals surface area contributed by atoms with Gasteiger partial charge in [0.1, 0.15) is 0 Å². The van der Waals surface area contributed by atoms with E-state index in [2.05, 4.69) is 10.4 Å². The van der Waals surface area contributed by atoms with Crippen LogP contribution in [0.4, 0.5) is 0 Å². The Bertz CT molecular complexity index is 95.9. The first-order valence-corrected chi connectivity index (χ1v) is 1.88. The normalized spacial score (nSPS) is 11.0. The summed E-state index contributed by atoms with van der Waals surface area (Å²) >= 11 is 0. The molecule has 0 aromatic heterocycles. The highest BCUT2D eigenvalue weighted by molar-refractivity contribution is 5.70. The van der Waals surface area contributed by atoms with Crippen molar-refractivity contribution in [3.05, 3.63) is 17.1 Å². The number of nitrogens with zero attached hydrogens (tertiary/aromatic N) is 2. The minimum atomic E-state index is 1.33. The SMILES string of the molecule is CC=CC=NN=O. The molecule has 3 nitrogen and oxygen atoms in total. The Labute approximate surface area is 41.7 Å². The second kappa shape index (κ2) is 5.01. The molecule has 0 bridgehead atoms. The van der Waals surface area contributed by atoms with E-state index < -0.39 is 0 Å². The molecule has 0 aliphatic carbocycles. The van der Waals surface area contributed by atoms with Gasteiger partial charge in [0.05, 0.1) is 11.5 Å². The van der Waals surface area contributed by atoms with Gasteiger partial charge in [0.15, 0.2) is 0 Å². The summed E-state index contributed by atoms with van der Waals surface area (Å²) in [5, 5.41) is 5.26. The Hall–Kier alpha value is -0.990. The van der Waals surface area contributed by atoms with Crippen LogP contribution < -0.4 is 0 Å². The lowest BCUT2D eigenvalue weighted by atomic mass is 10.6. The first-order valence-electron chi connectivity index (χ1n) is 1.88. The Morgan fingerprint density at radius 3 is 2.71 bits per heavy atom. The lowest BCUT2D eigenvalue weighted by molar-refractivity contribution is 1.23. The third-order valence-corrected chi connectivity index (χ3v) is 0.392. The molecule has 7 heavy (non-hydrogen) atoms. The quantitative estimate of drug-likeness (QED) is 0.291. The first kappa shape index (κ1) is 6.01. The van der Waals surface area contributed by atoms with E-state index in [9.17, 15) is 4.91 Å². The maximum atomic E-state index is 9.20. The largest absolute Gasteiger partial charge is 0.123 e. The molecular formula is C4H6N2O. The summed E-state index contributed by atoms with van der Waals surface area (Å²) in [6.45, 7) is 1.83. The fraction of sp³-hybridized carbons (Fsp3) is 0.250. The van der Waals surface area contributed by atoms with Gasteiger partial charge < -0.3 is 0 Å². The molecule has 3 heteroatoms. The molecule has 0 aromatic carbocycles. The van der Waals surface area contributed by atoms with Gasteiger partial charge in [0, 0.05) is 0 Å². The van der Waals surface area contributed by atoms with Crippen molar-refractivity contribution in [2.75, 3.05) is 0 Å². The Kier molecular flexibility index (Phi) is 4.30.